The first-order chi connectivity index (χ1) is 10.0. The first kappa shape index (κ1) is 15.9. The van der Waals surface area contributed by atoms with E-state index in [0.29, 0.717) is 23.4 Å². The van der Waals surface area contributed by atoms with Gasteiger partial charge in [-0.1, -0.05) is 24.6 Å². The van der Waals surface area contributed by atoms with Crippen LogP contribution in [0, 0.1) is 5.82 Å². The lowest BCUT2D eigenvalue weighted by molar-refractivity contribution is 0.492. The number of hydrogen-bond acceptors (Lipinski definition) is 3. The van der Waals surface area contributed by atoms with Crippen LogP contribution in [0.2, 0.25) is 5.02 Å². The molecule has 3 N–H and O–H groups in total. The minimum Gasteiger partial charge on any atom is -0.272 e. The van der Waals surface area contributed by atoms with Crippen LogP contribution < -0.4 is 11.3 Å². The molecule has 2 aromatic rings. The van der Waals surface area contributed by atoms with Gasteiger partial charge in [0.05, 0.1) is 5.69 Å². The molecule has 0 fully saturated rings. The Kier molecular flexibility index (Phi) is 5.33. The molecule has 0 bridgehead atoms. The first-order valence-corrected chi connectivity index (χ1v) is 7.33. The highest BCUT2D eigenvalue weighted by molar-refractivity contribution is 6.31. The summed E-state index contributed by atoms with van der Waals surface area (Å²) in [7, 11) is 1.90. The minimum atomic E-state index is -0.304. The second-order valence-corrected chi connectivity index (χ2v) is 5.48. The van der Waals surface area contributed by atoms with Gasteiger partial charge in [0.1, 0.15) is 5.82 Å². The summed E-state index contributed by atoms with van der Waals surface area (Å²) in [5.74, 6) is 5.31. The van der Waals surface area contributed by atoms with Crippen LogP contribution in [0.4, 0.5) is 4.39 Å². The molecule has 21 heavy (non-hydrogen) atoms. The number of nitrogens with two attached hydrogens (primary N) is 1. The Balaban J connectivity index is 2.15. The van der Waals surface area contributed by atoms with E-state index in [-0.39, 0.29) is 11.9 Å². The highest BCUT2D eigenvalue weighted by Crippen LogP contribution is 2.21. The van der Waals surface area contributed by atoms with Crippen molar-refractivity contribution in [2.24, 2.45) is 12.9 Å². The van der Waals surface area contributed by atoms with Gasteiger partial charge in [-0.05, 0) is 31.0 Å². The highest BCUT2D eigenvalue weighted by atomic mass is 35.5. The van der Waals surface area contributed by atoms with E-state index in [0.717, 1.165) is 17.8 Å². The van der Waals surface area contributed by atoms with E-state index in [1.54, 1.807) is 12.1 Å². The summed E-state index contributed by atoms with van der Waals surface area (Å²) in [6, 6.07) is 6.63. The van der Waals surface area contributed by atoms with Crippen LogP contribution in [0.3, 0.4) is 0 Å². The number of aryl methyl sites for hydroxylation is 2. The second-order valence-electron chi connectivity index (χ2n) is 5.08. The lowest BCUT2D eigenvalue weighted by atomic mass is 10.0. The third kappa shape index (κ3) is 3.81. The molecule has 1 aromatic heterocycles. The number of aromatic nitrogens is 2. The van der Waals surface area contributed by atoms with Gasteiger partial charge in [0.25, 0.3) is 0 Å². The molecule has 0 spiro atoms. The van der Waals surface area contributed by atoms with Crippen LogP contribution in [-0.2, 0) is 26.3 Å². The molecule has 1 atom stereocenters. The van der Waals surface area contributed by atoms with Crippen molar-refractivity contribution in [1.82, 2.24) is 15.2 Å². The fourth-order valence-corrected chi connectivity index (χ4v) is 2.59. The average molecular weight is 311 g/mol. The zero-order chi connectivity index (χ0) is 15.4. The lowest BCUT2D eigenvalue weighted by Gasteiger charge is -2.17. The Morgan fingerprint density at radius 1 is 1.43 bits per heavy atom. The summed E-state index contributed by atoms with van der Waals surface area (Å²) < 4.78 is 15.7. The topological polar surface area (TPSA) is 55.9 Å². The number of benzene rings is 1. The summed E-state index contributed by atoms with van der Waals surface area (Å²) in [4.78, 5) is 0. The molecule has 0 saturated carbocycles. The zero-order valence-corrected chi connectivity index (χ0v) is 13.0. The molecular formula is C15H20ClFN4. The van der Waals surface area contributed by atoms with Crippen molar-refractivity contribution >= 4 is 11.6 Å². The van der Waals surface area contributed by atoms with Crippen molar-refractivity contribution in [3.63, 3.8) is 0 Å². The van der Waals surface area contributed by atoms with E-state index in [9.17, 15) is 4.39 Å². The predicted molar refractivity (Wildman–Crippen MR) is 82.5 cm³/mol. The van der Waals surface area contributed by atoms with Crippen LogP contribution >= 0.6 is 11.6 Å². The molecule has 6 heteroatoms. The van der Waals surface area contributed by atoms with Crippen molar-refractivity contribution in [3.8, 4) is 0 Å². The first-order valence-electron chi connectivity index (χ1n) is 6.96. The normalized spacial score (nSPS) is 12.6. The molecule has 1 unspecified atom stereocenters. The fraction of sp³-hybridized carbons (Fsp3) is 0.400. The van der Waals surface area contributed by atoms with E-state index in [2.05, 4.69) is 17.4 Å². The molecule has 1 heterocycles. The van der Waals surface area contributed by atoms with Crippen molar-refractivity contribution in [2.75, 3.05) is 0 Å². The number of nitrogens with zero attached hydrogens (tertiary/aromatic N) is 2. The van der Waals surface area contributed by atoms with E-state index < -0.39 is 0 Å². The van der Waals surface area contributed by atoms with Gasteiger partial charge in [-0.2, -0.15) is 5.10 Å². The number of nitrogens with one attached hydrogen (secondary N) is 1. The van der Waals surface area contributed by atoms with E-state index in [1.165, 1.54) is 6.07 Å². The van der Waals surface area contributed by atoms with Crippen molar-refractivity contribution in [3.05, 3.63) is 52.1 Å². The molecule has 0 aliphatic heterocycles. The molecular weight excluding hydrogens is 291 g/mol. The third-order valence-corrected chi connectivity index (χ3v) is 3.95. The van der Waals surface area contributed by atoms with Crippen LogP contribution in [0.25, 0.3) is 0 Å². The zero-order valence-electron chi connectivity index (χ0n) is 12.2. The van der Waals surface area contributed by atoms with Crippen LogP contribution in [0.15, 0.2) is 24.3 Å². The summed E-state index contributed by atoms with van der Waals surface area (Å²) in [5.41, 5.74) is 5.32. The van der Waals surface area contributed by atoms with Gasteiger partial charge in [0.2, 0.25) is 0 Å². The molecule has 0 saturated heterocycles. The van der Waals surface area contributed by atoms with Gasteiger partial charge in [-0.3, -0.25) is 16.0 Å². The molecule has 2 rings (SSSR count). The average Bonchev–Trinajstić information content (AvgIpc) is 2.82. The number of halogens is 2. The number of rotatable bonds is 6. The third-order valence-electron chi connectivity index (χ3n) is 3.59. The van der Waals surface area contributed by atoms with Crippen molar-refractivity contribution < 1.29 is 4.39 Å². The maximum Gasteiger partial charge on any atom is 0.127 e. The van der Waals surface area contributed by atoms with Crippen LogP contribution in [0.5, 0.6) is 0 Å². The molecule has 0 amide bonds. The van der Waals surface area contributed by atoms with E-state index in [4.69, 9.17) is 17.4 Å². The van der Waals surface area contributed by atoms with Gasteiger partial charge in [-0.25, -0.2) is 4.39 Å². The molecule has 0 aliphatic carbocycles. The lowest BCUT2D eigenvalue weighted by Crippen LogP contribution is -2.39. The fourth-order valence-electron chi connectivity index (χ4n) is 2.35. The van der Waals surface area contributed by atoms with Gasteiger partial charge < -0.3 is 0 Å². The van der Waals surface area contributed by atoms with Gasteiger partial charge in [0, 0.05) is 35.8 Å². The van der Waals surface area contributed by atoms with Crippen LogP contribution in [-0.4, -0.2) is 15.8 Å². The van der Waals surface area contributed by atoms with Crippen LogP contribution in [0.1, 0.15) is 23.9 Å². The Morgan fingerprint density at radius 3 is 2.76 bits per heavy atom. The maximum absolute atomic E-state index is 13.9. The largest absolute Gasteiger partial charge is 0.272 e. The molecule has 4 nitrogen and oxygen atoms in total. The molecule has 0 radical (unpaired) electrons. The van der Waals surface area contributed by atoms with E-state index >= 15 is 0 Å². The summed E-state index contributed by atoms with van der Waals surface area (Å²) >= 11 is 6.07. The Hall–Kier alpha value is -1.43. The molecule has 1 aromatic carbocycles. The predicted octanol–water partition coefficient (Wildman–Crippen LogP) is 2.39. The Bertz CT molecular complexity index is 591. The number of hydrazine groups is 1. The Morgan fingerprint density at radius 2 is 2.19 bits per heavy atom. The Labute approximate surface area is 129 Å². The quantitative estimate of drug-likeness (QED) is 0.636. The van der Waals surface area contributed by atoms with Gasteiger partial charge in [0.15, 0.2) is 0 Å². The molecule has 0 aliphatic rings. The minimum absolute atomic E-state index is 0.112. The van der Waals surface area contributed by atoms with Crippen molar-refractivity contribution in [1.29, 1.82) is 0 Å². The summed E-state index contributed by atoms with van der Waals surface area (Å²) in [6.07, 6.45) is 1.97. The monoisotopic (exact) mass is 310 g/mol. The van der Waals surface area contributed by atoms with Gasteiger partial charge >= 0.3 is 0 Å². The van der Waals surface area contributed by atoms with Crippen molar-refractivity contribution in [2.45, 2.75) is 32.2 Å². The smallest absolute Gasteiger partial charge is 0.127 e. The summed E-state index contributed by atoms with van der Waals surface area (Å²) in [6.45, 7) is 2.06. The summed E-state index contributed by atoms with van der Waals surface area (Å²) in [5, 5.41) is 4.83. The van der Waals surface area contributed by atoms with Gasteiger partial charge in [-0.15, -0.1) is 0 Å². The highest BCUT2D eigenvalue weighted by Gasteiger charge is 2.16. The maximum atomic E-state index is 13.9. The number of hydrogen-bond donors (Lipinski definition) is 2. The molecule has 114 valence electrons. The SMILES string of the molecule is CCc1cc(CC(Cc2c(F)cccc2Cl)NN)n(C)n1. The standard InChI is InChI=1S/C15H20ClFN4/c1-3-10-7-12(21(2)20-10)8-11(19-18)9-13-14(16)5-4-6-15(13)17/h4-7,11,19H,3,8-9,18H2,1-2H3. The van der Waals surface area contributed by atoms with E-state index in [1.807, 2.05) is 17.8 Å². The second kappa shape index (κ2) is 7.02.